The third-order valence-corrected chi connectivity index (χ3v) is 3.87. The van der Waals surface area contributed by atoms with Crippen LogP contribution in [0.3, 0.4) is 0 Å². The molecular weight excluding hydrogens is 258 g/mol. The van der Waals surface area contributed by atoms with Crippen molar-refractivity contribution in [3.63, 3.8) is 0 Å². The van der Waals surface area contributed by atoms with Crippen LogP contribution in [0.1, 0.15) is 10.8 Å². The number of benzene rings is 1. The first kappa shape index (κ1) is 13.6. The molecule has 0 bridgehead atoms. The molecule has 0 saturated carbocycles. The van der Waals surface area contributed by atoms with Crippen molar-refractivity contribution in [3.05, 3.63) is 35.1 Å². The molecule has 0 spiro atoms. The van der Waals surface area contributed by atoms with Crippen molar-refractivity contribution in [2.45, 2.75) is 13.5 Å². The Morgan fingerprint density at radius 1 is 1.26 bits per heavy atom. The van der Waals surface area contributed by atoms with Gasteiger partial charge in [0.25, 0.3) is 0 Å². The van der Waals surface area contributed by atoms with Crippen LogP contribution in [0.25, 0.3) is 0 Å². The van der Waals surface area contributed by atoms with Crippen molar-refractivity contribution < 1.29 is 4.57 Å². The number of azo groups is 1. The Bertz CT molecular complexity index is 571. The quantitative estimate of drug-likeness (QED) is 0.636. The van der Waals surface area contributed by atoms with Gasteiger partial charge in [0.2, 0.25) is 5.01 Å². The summed E-state index contributed by atoms with van der Waals surface area (Å²) in [4.78, 5) is 2.06. The number of aromatic nitrogens is 2. The first-order valence-corrected chi connectivity index (χ1v) is 6.81. The topological polar surface area (TPSA) is 44.7 Å². The molecule has 1 heterocycles. The van der Waals surface area contributed by atoms with Gasteiger partial charge in [0.15, 0.2) is 0 Å². The highest BCUT2D eigenvalue weighted by atomic mass is 32.1. The Balaban J connectivity index is 2.01. The van der Waals surface area contributed by atoms with Gasteiger partial charge in [0.1, 0.15) is 18.1 Å². The molecule has 19 heavy (non-hydrogen) atoms. The Labute approximate surface area is 117 Å². The van der Waals surface area contributed by atoms with Gasteiger partial charge in [-0.15, -0.1) is 0 Å². The van der Waals surface area contributed by atoms with E-state index in [-0.39, 0.29) is 0 Å². The number of aryl methyl sites for hydroxylation is 1. The van der Waals surface area contributed by atoms with Gasteiger partial charge in [0.05, 0.1) is 12.7 Å². The molecule has 0 aliphatic rings. The van der Waals surface area contributed by atoms with E-state index < -0.39 is 0 Å². The molecule has 1 aromatic heterocycles. The number of hydrogen-bond donors (Lipinski definition) is 0. The third-order valence-electron chi connectivity index (χ3n) is 2.90. The van der Waals surface area contributed by atoms with Crippen LogP contribution in [-0.4, -0.2) is 18.5 Å². The van der Waals surface area contributed by atoms with Crippen LogP contribution >= 0.6 is 11.5 Å². The number of rotatable bonds is 4. The van der Waals surface area contributed by atoms with Crippen LogP contribution in [0, 0.1) is 6.92 Å². The maximum Gasteiger partial charge on any atom is 0.310 e. The average Bonchev–Trinajstić information content (AvgIpc) is 2.71. The minimum Gasteiger partial charge on any atom is -0.378 e. The van der Waals surface area contributed by atoms with Crippen molar-refractivity contribution in [2.24, 2.45) is 17.3 Å². The van der Waals surface area contributed by atoms with E-state index in [1.54, 1.807) is 0 Å². The molecule has 100 valence electrons. The van der Waals surface area contributed by atoms with Gasteiger partial charge in [0, 0.05) is 31.1 Å². The number of hydrogen-bond acceptors (Lipinski definition) is 5. The van der Waals surface area contributed by atoms with E-state index in [2.05, 4.69) is 19.5 Å². The highest BCUT2D eigenvalue weighted by molar-refractivity contribution is 7.05. The Kier molecular flexibility index (Phi) is 4.21. The summed E-state index contributed by atoms with van der Waals surface area (Å²) in [7, 11) is 6.03. The number of nitrogens with zero attached hydrogens (tertiary/aromatic N) is 5. The van der Waals surface area contributed by atoms with E-state index in [0.29, 0.717) is 6.54 Å². The van der Waals surface area contributed by atoms with Crippen LogP contribution in [-0.2, 0) is 13.6 Å². The molecule has 0 aliphatic heterocycles. The van der Waals surface area contributed by atoms with Gasteiger partial charge in [-0.25, -0.2) is 4.57 Å². The van der Waals surface area contributed by atoms with Crippen LogP contribution in [0.2, 0.25) is 0 Å². The van der Waals surface area contributed by atoms with Crippen molar-refractivity contribution in [3.8, 4) is 0 Å². The van der Waals surface area contributed by atoms with Gasteiger partial charge < -0.3 is 4.90 Å². The normalized spacial score (nSPS) is 11.2. The lowest BCUT2D eigenvalue weighted by Gasteiger charge is -2.11. The molecule has 0 unspecified atom stereocenters. The zero-order valence-corrected chi connectivity index (χ0v) is 12.5. The van der Waals surface area contributed by atoms with Crippen LogP contribution in [0.15, 0.2) is 34.5 Å². The van der Waals surface area contributed by atoms with Crippen molar-refractivity contribution >= 4 is 22.9 Å². The minimum absolute atomic E-state index is 0.567. The first-order chi connectivity index (χ1) is 9.08. The predicted molar refractivity (Wildman–Crippen MR) is 77.0 cm³/mol. The maximum absolute atomic E-state index is 4.27. The molecule has 0 amide bonds. The lowest BCUT2D eigenvalue weighted by Crippen LogP contribution is -2.33. The largest absolute Gasteiger partial charge is 0.378 e. The smallest absolute Gasteiger partial charge is 0.310 e. The van der Waals surface area contributed by atoms with Crippen LogP contribution in [0.5, 0.6) is 0 Å². The SMILES string of the molecule is Cc1nsc(CN=Nc2ccc(N(C)C)cc2)[n+]1C. The molecule has 6 heteroatoms. The fourth-order valence-corrected chi connectivity index (χ4v) is 2.28. The van der Waals surface area contributed by atoms with Gasteiger partial charge >= 0.3 is 5.82 Å². The molecule has 2 rings (SSSR count). The summed E-state index contributed by atoms with van der Waals surface area (Å²) in [6.45, 7) is 2.55. The molecule has 0 fully saturated rings. The molecule has 1 aromatic carbocycles. The molecule has 0 atom stereocenters. The minimum atomic E-state index is 0.567. The van der Waals surface area contributed by atoms with Gasteiger partial charge in [-0.2, -0.15) is 10.2 Å². The van der Waals surface area contributed by atoms with Crippen LogP contribution < -0.4 is 9.47 Å². The monoisotopic (exact) mass is 276 g/mol. The third kappa shape index (κ3) is 3.35. The zero-order valence-electron chi connectivity index (χ0n) is 11.7. The predicted octanol–water partition coefficient (Wildman–Crippen LogP) is 2.63. The molecule has 5 nitrogen and oxygen atoms in total. The Hall–Kier alpha value is -1.82. The number of anilines is 1. The summed E-state index contributed by atoms with van der Waals surface area (Å²) in [5, 5.41) is 9.55. The highest BCUT2D eigenvalue weighted by Crippen LogP contribution is 2.18. The second kappa shape index (κ2) is 5.88. The second-order valence-corrected chi connectivity index (χ2v) is 5.33. The van der Waals surface area contributed by atoms with Gasteiger partial charge in [-0.3, -0.25) is 0 Å². The zero-order chi connectivity index (χ0) is 13.8. The standard InChI is InChI=1S/C13H18N5S/c1-10-16-19-13(18(10)4)9-14-15-11-5-7-12(8-6-11)17(2)3/h5-8H,9H2,1-4H3/q+1. The summed E-state index contributed by atoms with van der Waals surface area (Å²) in [6.07, 6.45) is 0. The lowest BCUT2D eigenvalue weighted by atomic mass is 10.3. The fraction of sp³-hybridized carbons (Fsp3) is 0.385. The average molecular weight is 276 g/mol. The Morgan fingerprint density at radius 2 is 1.95 bits per heavy atom. The fourth-order valence-electron chi connectivity index (χ4n) is 1.55. The van der Waals surface area contributed by atoms with E-state index in [1.165, 1.54) is 11.5 Å². The summed E-state index contributed by atoms with van der Waals surface area (Å²) in [5.41, 5.74) is 2.03. The summed E-state index contributed by atoms with van der Waals surface area (Å²) >= 11 is 1.47. The summed E-state index contributed by atoms with van der Waals surface area (Å²) in [5.74, 6) is 1.01. The Morgan fingerprint density at radius 3 is 2.47 bits per heavy atom. The van der Waals surface area contributed by atoms with Crippen LogP contribution in [0.4, 0.5) is 11.4 Å². The molecule has 2 aromatic rings. The van der Waals surface area contributed by atoms with Crippen molar-refractivity contribution in [2.75, 3.05) is 19.0 Å². The van der Waals surface area contributed by atoms with Gasteiger partial charge in [-0.1, -0.05) is 0 Å². The van der Waals surface area contributed by atoms with Crippen molar-refractivity contribution in [1.82, 2.24) is 4.37 Å². The van der Waals surface area contributed by atoms with E-state index in [0.717, 1.165) is 22.2 Å². The van der Waals surface area contributed by atoms with Crippen molar-refractivity contribution in [1.29, 1.82) is 0 Å². The summed E-state index contributed by atoms with van der Waals surface area (Å²) in [6, 6.07) is 8.00. The first-order valence-electron chi connectivity index (χ1n) is 6.04. The van der Waals surface area contributed by atoms with E-state index >= 15 is 0 Å². The van der Waals surface area contributed by atoms with E-state index in [1.807, 2.05) is 56.9 Å². The molecule has 0 aliphatic carbocycles. The molecule has 0 N–H and O–H groups in total. The molecular formula is C13H18N5S+. The lowest BCUT2D eigenvalue weighted by molar-refractivity contribution is -0.682. The van der Waals surface area contributed by atoms with E-state index in [4.69, 9.17) is 0 Å². The maximum atomic E-state index is 4.27. The van der Waals surface area contributed by atoms with Gasteiger partial charge in [-0.05, 0) is 24.3 Å². The second-order valence-electron chi connectivity index (χ2n) is 4.49. The molecule has 0 saturated heterocycles. The highest BCUT2D eigenvalue weighted by Gasteiger charge is 2.13. The summed E-state index contributed by atoms with van der Waals surface area (Å²) < 4.78 is 6.31. The molecule has 0 radical (unpaired) electrons. The van der Waals surface area contributed by atoms with E-state index in [9.17, 15) is 0 Å².